The van der Waals surface area contributed by atoms with Crippen molar-refractivity contribution >= 4 is 6.03 Å². The van der Waals surface area contributed by atoms with Gasteiger partial charge in [0.15, 0.2) is 5.82 Å². The van der Waals surface area contributed by atoms with Crippen LogP contribution in [0.4, 0.5) is 4.79 Å². The quantitative estimate of drug-likeness (QED) is 0.893. The number of urea groups is 1. The number of nitrogens with zero attached hydrogens (tertiary/aromatic N) is 4. The van der Waals surface area contributed by atoms with Crippen molar-refractivity contribution in [2.75, 3.05) is 26.3 Å². The van der Waals surface area contributed by atoms with E-state index in [0.29, 0.717) is 19.0 Å². The van der Waals surface area contributed by atoms with Gasteiger partial charge < -0.3 is 19.5 Å². The maximum atomic E-state index is 12.4. The summed E-state index contributed by atoms with van der Waals surface area (Å²) in [6.07, 6.45) is 5.61. The van der Waals surface area contributed by atoms with Crippen LogP contribution < -0.4 is 5.32 Å². The smallest absolute Gasteiger partial charge is 0.317 e. The van der Waals surface area contributed by atoms with Crippen molar-refractivity contribution in [2.24, 2.45) is 5.92 Å². The van der Waals surface area contributed by atoms with Gasteiger partial charge in [0.2, 0.25) is 0 Å². The van der Waals surface area contributed by atoms with E-state index in [1.54, 1.807) is 0 Å². The topological polar surface area (TPSA) is 72.3 Å². The molecule has 0 aromatic carbocycles. The number of nitrogens with one attached hydrogen (secondary N) is 1. The summed E-state index contributed by atoms with van der Waals surface area (Å²) in [5.41, 5.74) is 0. The number of rotatable bonds is 5. The molecule has 3 heterocycles. The van der Waals surface area contributed by atoms with Gasteiger partial charge in [-0.2, -0.15) is 0 Å². The number of ether oxygens (including phenoxy) is 1. The van der Waals surface area contributed by atoms with Crippen LogP contribution in [0.5, 0.6) is 0 Å². The number of aryl methyl sites for hydroxylation is 1. The van der Waals surface area contributed by atoms with Crippen molar-refractivity contribution in [2.45, 2.75) is 52.1 Å². The molecule has 2 aliphatic heterocycles. The molecule has 1 saturated heterocycles. The largest absolute Gasteiger partial charge is 0.381 e. The summed E-state index contributed by atoms with van der Waals surface area (Å²) < 4.78 is 7.57. The van der Waals surface area contributed by atoms with E-state index < -0.39 is 0 Å². The van der Waals surface area contributed by atoms with E-state index in [-0.39, 0.29) is 6.03 Å². The fourth-order valence-electron chi connectivity index (χ4n) is 3.34. The van der Waals surface area contributed by atoms with Crippen LogP contribution in [0.15, 0.2) is 0 Å². The molecule has 7 heteroatoms. The summed E-state index contributed by atoms with van der Waals surface area (Å²) in [5, 5.41) is 11.5. The van der Waals surface area contributed by atoms with Gasteiger partial charge in [-0.1, -0.05) is 6.42 Å². The molecule has 2 aliphatic rings. The van der Waals surface area contributed by atoms with E-state index in [4.69, 9.17) is 4.74 Å². The fraction of sp³-hybridized carbons (Fsp3) is 0.812. The SMILES string of the molecule is CCN(CC1CCOC1)C(=O)NCc1nnc2n1CCCCC2. The number of amides is 2. The Labute approximate surface area is 137 Å². The van der Waals surface area contributed by atoms with E-state index in [0.717, 1.165) is 57.2 Å². The zero-order chi connectivity index (χ0) is 16.1. The maximum absolute atomic E-state index is 12.4. The van der Waals surface area contributed by atoms with Crippen molar-refractivity contribution < 1.29 is 9.53 Å². The number of hydrogen-bond donors (Lipinski definition) is 1. The number of aromatic nitrogens is 3. The molecule has 0 spiro atoms. The van der Waals surface area contributed by atoms with Crippen LogP contribution in [0.2, 0.25) is 0 Å². The standard InChI is InChI=1S/C16H27N5O2/c1-2-20(11-13-7-9-23-12-13)16(22)17-10-15-19-18-14-6-4-3-5-8-21(14)15/h13H,2-12H2,1H3,(H,17,22). The molecule has 7 nitrogen and oxygen atoms in total. The first-order valence-corrected chi connectivity index (χ1v) is 8.79. The molecular weight excluding hydrogens is 294 g/mol. The number of carbonyl (C=O) groups excluding carboxylic acids is 1. The highest BCUT2D eigenvalue weighted by Crippen LogP contribution is 2.15. The molecule has 23 heavy (non-hydrogen) atoms. The van der Waals surface area contributed by atoms with Crippen LogP contribution in [-0.2, 0) is 24.2 Å². The minimum Gasteiger partial charge on any atom is -0.381 e. The Bertz CT molecular complexity index is 525. The normalized spacial score (nSPS) is 20.8. The Morgan fingerprint density at radius 2 is 2.30 bits per heavy atom. The molecule has 128 valence electrons. The van der Waals surface area contributed by atoms with Crippen LogP contribution in [0.3, 0.4) is 0 Å². The highest BCUT2D eigenvalue weighted by molar-refractivity contribution is 5.74. The van der Waals surface area contributed by atoms with Gasteiger partial charge in [0, 0.05) is 38.6 Å². The Kier molecular flexibility index (Phi) is 5.48. The lowest BCUT2D eigenvalue weighted by Gasteiger charge is -2.24. The molecule has 0 saturated carbocycles. The number of hydrogen-bond acceptors (Lipinski definition) is 4. The maximum Gasteiger partial charge on any atom is 0.317 e. The van der Waals surface area contributed by atoms with Crippen LogP contribution in [-0.4, -0.2) is 52.0 Å². The van der Waals surface area contributed by atoms with Crippen molar-refractivity contribution in [1.29, 1.82) is 0 Å². The van der Waals surface area contributed by atoms with Gasteiger partial charge in [-0.15, -0.1) is 10.2 Å². The molecule has 1 aromatic rings. The molecule has 0 bridgehead atoms. The van der Waals surface area contributed by atoms with E-state index in [9.17, 15) is 4.79 Å². The Hall–Kier alpha value is -1.63. The van der Waals surface area contributed by atoms with Gasteiger partial charge in [-0.05, 0) is 26.2 Å². The van der Waals surface area contributed by atoms with Crippen molar-refractivity contribution in [1.82, 2.24) is 25.0 Å². The average Bonchev–Trinajstić information content (AvgIpc) is 3.15. The number of carbonyl (C=O) groups is 1. The fourth-order valence-corrected chi connectivity index (χ4v) is 3.34. The minimum atomic E-state index is -0.0228. The van der Waals surface area contributed by atoms with E-state index in [1.165, 1.54) is 12.8 Å². The van der Waals surface area contributed by atoms with Crippen molar-refractivity contribution in [3.8, 4) is 0 Å². The molecule has 1 unspecified atom stereocenters. The molecule has 3 rings (SSSR count). The first-order chi connectivity index (χ1) is 11.3. The van der Waals surface area contributed by atoms with Crippen LogP contribution in [0.25, 0.3) is 0 Å². The lowest BCUT2D eigenvalue weighted by atomic mass is 10.1. The van der Waals surface area contributed by atoms with Gasteiger partial charge in [0.05, 0.1) is 13.2 Å². The summed E-state index contributed by atoms with van der Waals surface area (Å²) in [7, 11) is 0. The third-order valence-corrected chi connectivity index (χ3v) is 4.76. The van der Waals surface area contributed by atoms with Gasteiger partial charge in [0.1, 0.15) is 5.82 Å². The Balaban J connectivity index is 1.54. The van der Waals surface area contributed by atoms with Gasteiger partial charge >= 0.3 is 6.03 Å². The zero-order valence-corrected chi connectivity index (χ0v) is 14.0. The summed E-state index contributed by atoms with van der Waals surface area (Å²) >= 11 is 0. The summed E-state index contributed by atoms with van der Waals surface area (Å²) in [6.45, 7) is 6.48. The Morgan fingerprint density at radius 3 is 3.09 bits per heavy atom. The molecule has 0 aliphatic carbocycles. The molecule has 0 radical (unpaired) electrons. The summed E-state index contributed by atoms with van der Waals surface area (Å²) in [4.78, 5) is 14.3. The van der Waals surface area contributed by atoms with Gasteiger partial charge in [-0.25, -0.2) is 4.79 Å². The van der Waals surface area contributed by atoms with E-state index in [1.807, 2.05) is 11.8 Å². The van der Waals surface area contributed by atoms with Gasteiger partial charge in [0.25, 0.3) is 0 Å². The van der Waals surface area contributed by atoms with Gasteiger partial charge in [-0.3, -0.25) is 0 Å². The third kappa shape index (κ3) is 4.02. The molecule has 1 aromatic heterocycles. The lowest BCUT2D eigenvalue weighted by Crippen LogP contribution is -2.42. The molecule has 1 N–H and O–H groups in total. The second kappa shape index (κ2) is 7.77. The van der Waals surface area contributed by atoms with Crippen LogP contribution in [0.1, 0.15) is 44.3 Å². The predicted octanol–water partition coefficient (Wildman–Crippen LogP) is 1.57. The van der Waals surface area contributed by atoms with Crippen molar-refractivity contribution in [3.05, 3.63) is 11.6 Å². The highest BCUT2D eigenvalue weighted by Gasteiger charge is 2.22. The third-order valence-electron chi connectivity index (χ3n) is 4.76. The van der Waals surface area contributed by atoms with Crippen molar-refractivity contribution in [3.63, 3.8) is 0 Å². The predicted molar refractivity (Wildman–Crippen MR) is 86.0 cm³/mol. The first kappa shape index (κ1) is 16.2. The molecule has 1 fully saturated rings. The second-order valence-corrected chi connectivity index (χ2v) is 6.42. The zero-order valence-electron chi connectivity index (χ0n) is 14.0. The second-order valence-electron chi connectivity index (χ2n) is 6.42. The number of fused-ring (bicyclic) bond motifs is 1. The minimum absolute atomic E-state index is 0.0228. The van der Waals surface area contributed by atoms with E-state index >= 15 is 0 Å². The summed E-state index contributed by atoms with van der Waals surface area (Å²) in [5.74, 6) is 2.39. The average molecular weight is 321 g/mol. The highest BCUT2D eigenvalue weighted by atomic mass is 16.5. The van der Waals surface area contributed by atoms with Crippen LogP contribution >= 0.6 is 0 Å². The monoisotopic (exact) mass is 321 g/mol. The molecular formula is C16H27N5O2. The lowest BCUT2D eigenvalue weighted by molar-refractivity contribution is 0.166. The Morgan fingerprint density at radius 1 is 1.39 bits per heavy atom. The summed E-state index contributed by atoms with van der Waals surface area (Å²) in [6, 6.07) is -0.0228. The molecule has 1 atom stereocenters. The van der Waals surface area contributed by atoms with Crippen LogP contribution in [0, 0.1) is 5.92 Å². The molecule has 2 amide bonds. The first-order valence-electron chi connectivity index (χ1n) is 8.79. The van der Waals surface area contributed by atoms with E-state index in [2.05, 4.69) is 20.1 Å².